The van der Waals surface area contributed by atoms with Crippen LogP contribution in [0.25, 0.3) is 0 Å². The zero-order chi connectivity index (χ0) is 11.4. The Kier molecular flexibility index (Phi) is 3.26. The zero-order valence-electron chi connectivity index (χ0n) is 9.01. The van der Waals surface area contributed by atoms with Crippen molar-refractivity contribution in [3.05, 3.63) is 29.8 Å². The van der Waals surface area contributed by atoms with Crippen LogP contribution in [0.5, 0.6) is 5.75 Å². The van der Waals surface area contributed by atoms with Gasteiger partial charge in [-0.25, -0.2) is 4.79 Å². The quantitative estimate of drug-likeness (QED) is 0.777. The molecule has 1 aliphatic rings. The first-order valence-electron chi connectivity index (χ1n) is 5.00. The fourth-order valence-corrected chi connectivity index (χ4v) is 1.37. The van der Waals surface area contributed by atoms with Gasteiger partial charge in [-0.3, -0.25) is 4.84 Å². The standard InChI is InChI=1S/C11H13NO4/c1-14-10-4-2-9(3-5-10)8-16-12-6-7-15-11(12)13/h2-5H,6-8H2,1H3. The summed E-state index contributed by atoms with van der Waals surface area (Å²) in [6.07, 6.45) is -0.423. The van der Waals surface area contributed by atoms with Crippen LogP contribution in [0.3, 0.4) is 0 Å². The number of hydroxylamine groups is 2. The Bertz CT molecular complexity index is 363. The highest BCUT2D eigenvalue weighted by Gasteiger charge is 2.22. The second-order valence-electron chi connectivity index (χ2n) is 3.34. The lowest BCUT2D eigenvalue weighted by atomic mass is 10.2. The van der Waals surface area contributed by atoms with Crippen molar-refractivity contribution >= 4 is 6.09 Å². The molecule has 0 spiro atoms. The molecule has 0 aromatic heterocycles. The van der Waals surface area contributed by atoms with Gasteiger partial charge in [0.25, 0.3) is 0 Å². The lowest BCUT2D eigenvalue weighted by Crippen LogP contribution is -2.24. The summed E-state index contributed by atoms with van der Waals surface area (Å²) in [6.45, 7) is 1.22. The molecule has 5 heteroatoms. The summed E-state index contributed by atoms with van der Waals surface area (Å²) in [5.74, 6) is 0.796. The number of carbonyl (C=O) groups excluding carboxylic acids is 1. The highest BCUT2D eigenvalue weighted by Crippen LogP contribution is 2.13. The van der Waals surface area contributed by atoms with Gasteiger partial charge >= 0.3 is 6.09 Å². The summed E-state index contributed by atoms with van der Waals surface area (Å²) in [7, 11) is 1.62. The molecule has 1 fully saturated rings. The third-order valence-electron chi connectivity index (χ3n) is 2.27. The Balaban J connectivity index is 1.86. The van der Waals surface area contributed by atoms with E-state index in [-0.39, 0.29) is 0 Å². The van der Waals surface area contributed by atoms with Crippen molar-refractivity contribution in [1.82, 2.24) is 5.06 Å². The number of ether oxygens (including phenoxy) is 2. The molecule has 0 unspecified atom stereocenters. The molecular formula is C11H13NO4. The summed E-state index contributed by atoms with van der Waals surface area (Å²) < 4.78 is 9.77. The summed E-state index contributed by atoms with van der Waals surface area (Å²) in [5.41, 5.74) is 0.973. The third-order valence-corrected chi connectivity index (χ3v) is 2.27. The topological polar surface area (TPSA) is 48.0 Å². The van der Waals surface area contributed by atoms with Gasteiger partial charge in [-0.2, -0.15) is 5.06 Å². The van der Waals surface area contributed by atoms with E-state index in [0.29, 0.717) is 19.8 Å². The van der Waals surface area contributed by atoms with Crippen molar-refractivity contribution in [1.29, 1.82) is 0 Å². The molecule has 1 aromatic rings. The molecule has 1 amide bonds. The number of hydrogen-bond donors (Lipinski definition) is 0. The number of amides is 1. The van der Waals surface area contributed by atoms with Crippen molar-refractivity contribution in [2.75, 3.05) is 20.3 Å². The Morgan fingerprint density at radius 3 is 2.69 bits per heavy atom. The maximum atomic E-state index is 11.1. The van der Waals surface area contributed by atoms with Crippen LogP contribution in [0.2, 0.25) is 0 Å². The van der Waals surface area contributed by atoms with Crippen LogP contribution in [0, 0.1) is 0 Å². The number of rotatable bonds is 4. The molecule has 0 atom stereocenters. The molecule has 5 nitrogen and oxygen atoms in total. The van der Waals surface area contributed by atoms with Crippen molar-refractivity contribution in [2.24, 2.45) is 0 Å². The van der Waals surface area contributed by atoms with Gasteiger partial charge in [0.1, 0.15) is 19.0 Å². The van der Waals surface area contributed by atoms with E-state index >= 15 is 0 Å². The molecule has 1 aromatic carbocycles. The van der Waals surface area contributed by atoms with E-state index in [1.165, 1.54) is 5.06 Å². The number of carbonyl (C=O) groups is 1. The smallest absolute Gasteiger partial charge is 0.434 e. The second-order valence-corrected chi connectivity index (χ2v) is 3.34. The number of methoxy groups -OCH3 is 1. The average Bonchev–Trinajstić information content (AvgIpc) is 2.73. The normalized spacial score (nSPS) is 15.1. The fourth-order valence-electron chi connectivity index (χ4n) is 1.37. The van der Waals surface area contributed by atoms with Gasteiger partial charge in [-0.1, -0.05) is 12.1 Å². The lowest BCUT2D eigenvalue weighted by molar-refractivity contribution is -0.118. The summed E-state index contributed by atoms with van der Waals surface area (Å²) in [6, 6.07) is 7.47. The van der Waals surface area contributed by atoms with Crippen molar-refractivity contribution in [2.45, 2.75) is 6.61 Å². The van der Waals surface area contributed by atoms with E-state index in [0.717, 1.165) is 11.3 Å². The minimum absolute atomic E-state index is 0.346. The third kappa shape index (κ3) is 2.43. The molecule has 1 heterocycles. The van der Waals surface area contributed by atoms with E-state index in [1.807, 2.05) is 24.3 Å². The minimum atomic E-state index is -0.423. The summed E-state index contributed by atoms with van der Waals surface area (Å²) >= 11 is 0. The number of cyclic esters (lactones) is 1. The van der Waals surface area contributed by atoms with E-state index in [9.17, 15) is 4.79 Å². The summed E-state index contributed by atoms with van der Waals surface area (Å²) in [5, 5.41) is 1.23. The van der Waals surface area contributed by atoms with Gasteiger partial charge in [0.15, 0.2) is 0 Å². The van der Waals surface area contributed by atoms with Gasteiger partial charge in [-0.05, 0) is 17.7 Å². The predicted molar refractivity (Wildman–Crippen MR) is 55.8 cm³/mol. The fraction of sp³-hybridized carbons (Fsp3) is 0.364. The zero-order valence-corrected chi connectivity index (χ0v) is 9.01. The highest BCUT2D eigenvalue weighted by atomic mass is 16.7. The maximum Gasteiger partial charge on any atom is 0.434 e. The number of hydrogen-bond acceptors (Lipinski definition) is 4. The number of nitrogens with zero attached hydrogens (tertiary/aromatic N) is 1. The molecule has 1 aliphatic heterocycles. The first kappa shape index (κ1) is 10.8. The Morgan fingerprint density at radius 1 is 1.38 bits per heavy atom. The molecule has 0 saturated carbocycles. The van der Waals surface area contributed by atoms with Gasteiger partial charge in [0, 0.05) is 0 Å². The van der Waals surface area contributed by atoms with Crippen LogP contribution >= 0.6 is 0 Å². The molecule has 1 saturated heterocycles. The lowest BCUT2D eigenvalue weighted by Gasteiger charge is -2.12. The Labute approximate surface area is 93.5 Å². The first-order chi connectivity index (χ1) is 7.79. The van der Waals surface area contributed by atoms with Crippen LogP contribution in [0.15, 0.2) is 24.3 Å². The highest BCUT2D eigenvalue weighted by molar-refractivity contribution is 5.67. The molecule has 0 radical (unpaired) electrons. The van der Waals surface area contributed by atoms with Crippen molar-refractivity contribution in [3.63, 3.8) is 0 Å². The summed E-state index contributed by atoms with van der Waals surface area (Å²) in [4.78, 5) is 16.3. The van der Waals surface area contributed by atoms with Crippen LogP contribution in [-0.4, -0.2) is 31.4 Å². The van der Waals surface area contributed by atoms with Crippen LogP contribution < -0.4 is 4.74 Å². The molecule has 0 aliphatic carbocycles. The van der Waals surface area contributed by atoms with Gasteiger partial charge in [0.2, 0.25) is 0 Å². The van der Waals surface area contributed by atoms with E-state index in [1.54, 1.807) is 7.11 Å². The average molecular weight is 223 g/mol. The largest absolute Gasteiger partial charge is 0.497 e. The van der Waals surface area contributed by atoms with E-state index in [2.05, 4.69) is 0 Å². The Hall–Kier alpha value is -1.75. The van der Waals surface area contributed by atoms with Gasteiger partial charge in [0.05, 0.1) is 13.7 Å². The monoisotopic (exact) mass is 223 g/mol. The molecule has 2 rings (SSSR count). The molecule has 16 heavy (non-hydrogen) atoms. The van der Waals surface area contributed by atoms with Crippen LogP contribution in [-0.2, 0) is 16.2 Å². The molecule has 86 valence electrons. The van der Waals surface area contributed by atoms with Crippen molar-refractivity contribution in [3.8, 4) is 5.75 Å². The van der Waals surface area contributed by atoms with Gasteiger partial charge in [-0.15, -0.1) is 0 Å². The van der Waals surface area contributed by atoms with Crippen LogP contribution in [0.1, 0.15) is 5.56 Å². The Morgan fingerprint density at radius 2 is 2.12 bits per heavy atom. The first-order valence-corrected chi connectivity index (χ1v) is 5.00. The molecular weight excluding hydrogens is 210 g/mol. The van der Waals surface area contributed by atoms with Crippen LogP contribution in [0.4, 0.5) is 4.79 Å². The minimum Gasteiger partial charge on any atom is -0.497 e. The van der Waals surface area contributed by atoms with Gasteiger partial charge < -0.3 is 9.47 Å². The molecule has 0 N–H and O–H groups in total. The van der Waals surface area contributed by atoms with E-state index in [4.69, 9.17) is 14.3 Å². The predicted octanol–water partition coefficient (Wildman–Crippen LogP) is 1.58. The van der Waals surface area contributed by atoms with E-state index < -0.39 is 6.09 Å². The van der Waals surface area contributed by atoms with Crippen molar-refractivity contribution < 1.29 is 19.1 Å². The second kappa shape index (κ2) is 4.85. The number of benzene rings is 1. The SMILES string of the molecule is COc1ccc(CON2CCOC2=O)cc1. The molecule has 0 bridgehead atoms. The maximum absolute atomic E-state index is 11.1.